The number of halogens is 1. The molecule has 0 fully saturated rings. The summed E-state index contributed by atoms with van der Waals surface area (Å²) in [6, 6.07) is 0. The Morgan fingerprint density at radius 3 is 2.40 bits per heavy atom. The Labute approximate surface area is 104 Å². The van der Waals surface area contributed by atoms with Crippen LogP contribution in [-0.4, -0.2) is 21.1 Å². The standard InChI is InChI=1S/C11H17BrN2S/c1-8(2)10(4-12)7-15-11-13-5-9(3)6-14-11/h5-6,8,10H,4,7H2,1-3H3. The number of aromatic nitrogens is 2. The third-order valence-electron chi connectivity index (χ3n) is 2.32. The fraction of sp³-hybridized carbons (Fsp3) is 0.636. The van der Waals surface area contributed by atoms with Crippen molar-refractivity contribution in [3.8, 4) is 0 Å². The number of alkyl halides is 1. The number of hydrogen-bond donors (Lipinski definition) is 0. The van der Waals surface area contributed by atoms with Gasteiger partial charge >= 0.3 is 0 Å². The van der Waals surface area contributed by atoms with Gasteiger partial charge in [0.25, 0.3) is 0 Å². The molecule has 1 atom stereocenters. The molecule has 0 aliphatic heterocycles. The molecule has 1 aromatic heterocycles. The largest absolute Gasteiger partial charge is 0.231 e. The lowest BCUT2D eigenvalue weighted by molar-refractivity contribution is 0.474. The van der Waals surface area contributed by atoms with Crippen LogP contribution in [0, 0.1) is 18.8 Å². The van der Waals surface area contributed by atoms with Gasteiger partial charge in [-0.3, -0.25) is 0 Å². The van der Waals surface area contributed by atoms with Gasteiger partial charge in [-0.25, -0.2) is 9.97 Å². The Balaban J connectivity index is 2.45. The van der Waals surface area contributed by atoms with Gasteiger partial charge in [0, 0.05) is 23.5 Å². The molecule has 0 N–H and O–H groups in total. The van der Waals surface area contributed by atoms with Crippen molar-refractivity contribution in [1.82, 2.24) is 9.97 Å². The van der Waals surface area contributed by atoms with E-state index >= 15 is 0 Å². The SMILES string of the molecule is Cc1cnc(SCC(CBr)C(C)C)nc1. The second-order valence-corrected chi connectivity index (χ2v) is 5.65. The highest BCUT2D eigenvalue weighted by molar-refractivity contribution is 9.09. The normalized spacial score (nSPS) is 13.1. The van der Waals surface area contributed by atoms with Gasteiger partial charge in [0.1, 0.15) is 0 Å². The van der Waals surface area contributed by atoms with Crippen LogP contribution in [0.4, 0.5) is 0 Å². The average Bonchev–Trinajstić information content (AvgIpc) is 2.21. The fourth-order valence-corrected chi connectivity index (χ4v) is 3.45. The monoisotopic (exact) mass is 288 g/mol. The van der Waals surface area contributed by atoms with Gasteiger partial charge in [-0.2, -0.15) is 0 Å². The first-order valence-electron chi connectivity index (χ1n) is 5.11. The molecule has 15 heavy (non-hydrogen) atoms. The van der Waals surface area contributed by atoms with Crippen molar-refractivity contribution in [3.63, 3.8) is 0 Å². The van der Waals surface area contributed by atoms with Crippen LogP contribution in [-0.2, 0) is 0 Å². The first-order chi connectivity index (χ1) is 7.13. The number of thioether (sulfide) groups is 1. The van der Waals surface area contributed by atoms with E-state index in [4.69, 9.17) is 0 Å². The zero-order valence-electron chi connectivity index (χ0n) is 9.40. The summed E-state index contributed by atoms with van der Waals surface area (Å²) in [6.07, 6.45) is 3.74. The van der Waals surface area contributed by atoms with Gasteiger partial charge in [-0.05, 0) is 24.3 Å². The van der Waals surface area contributed by atoms with E-state index < -0.39 is 0 Å². The summed E-state index contributed by atoms with van der Waals surface area (Å²) in [5.74, 6) is 2.45. The quantitative estimate of drug-likeness (QED) is 0.471. The van der Waals surface area contributed by atoms with Crippen LogP contribution >= 0.6 is 27.7 Å². The predicted molar refractivity (Wildman–Crippen MR) is 69.6 cm³/mol. The van der Waals surface area contributed by atoms with Crippen molar-refractivity contribution in [1.29, 1.82) is 0 Å². The van der Waals surface area contributed by atoms with E-state index in [1.165, 1.54) is 0 Å². The lowest BCUT2D eigenvalue weighted by Crippen LogP contribution is -2.13. The molecule has 0 aliphatic rings. The number of nitrogens with zero attached hydrogens (tertiary/aromatic N) is 2. The Morgan fingerprint density at radius 1 is 1.33 bits per heavy atom. The van der Waals surface area contributed by atoms with Gasteiger partial charge in [0.05, 0.1) is 0 Å². The molecule has 0 spiro atoms. The summed E-state index contributed by atoms with van der Waals surface area (Å²) in [7, 11) is 0. The van der Waals surface area contributed by atoms with Crippen LogP contribution in [0.5, 0.6) is 0 Å². The summed E-state index contributed by atoms with van der Waals surface area (Å²) in [5.41, 5.74) is 1.11. The summed E-state index contributed by atoms with van der Waals surface area (Å²) in [4.78, 5) is 8.56. The first kappa shape index (κ1) is 13.0. The zero-order valence-corrected chi connectivity index (χ0v) is 11.8. The predicted octanol–water partition coefficient (Wildman–Crippen LogP) is 3.54. The molecule has 1 heterocycles. The molecule has 1 aromatic rings. The maximum Gasteiger partial charge on any atom is 0.187 e. The van der Waals surface area contributed by atoms with Gasteiger partial charge in [0.15, 0.2) is 5.16 Å². The van der Waals surface area contributed by atoms with Gasteiger partial charge in [0.2, 0.25) is 0 Å². The Hall–Kier alpha value is -0.0900. The highest BCUT2D eigenvalue weighted by atomic mass is 79.9. The minimum atomic E-state index is 0.680. The van der Waals surface area contributed by atoms with E-state index in [1.807, 2.05) is 19.3 Å². The molecular formula is C11H17BrN2S. The molecule has 0 bridgehead atoms. The Kier molecular flexibility index (Phi) is 5.61. The molecular weight excluding hydrogens is 272 g/mol. The van der Waals surface area contributed by atoms with E-state index in [-0.39, 0.29) is 0 Å². The van der Waals surface area contributed by atoms with Crippen LogP contribution in [0.3, 0.4) is 0 Å². The van der Waals surface area contributed by atoms with Crippen molar-refractivity contribution >= 4 is 27.7 Å². The molecule has 0 saturated carbocycles. The molecule has 1 rings (SSSR count). The molecule has 0 amide bonds. The van der Waals surface area contributed by atoms with Crippen molar-refractivity contribution < 1.29 is 0 Å². The van der Waals surface area contributed by atoms with Crippen molar-refractivity contribution in [2.45, 2.75) is 25.9 Å². The maximum atomic E-state index is 4.28. The van der Waals surface area contributed by atoms with Crippen LogP contribution in [0.15, 0.2) is 17.6 Å². The number of hydrogen-bond acceptors (Lipinski definition) is 3. The first-order valence-corrected chi connectivity index (χ1v) is 7.21. The second-order valence-electron chi connectivity index (χ2n) is 4.01. The van der Waals surface area contributed by atoms with E-state index in [0.717, 1.165) is 21.8 Å². The van der Waals surface area contributed by atoms with Gasteiger partial charge in [-0.15, -0.1) is 0 Å². The fourth-order valence-electron chi connectivity index (χ4n) is 1.05. The maximum absolute atomic E-state index is 4.28. The minimum Gasteiger partial charge on any atom is -0.231 e. The van der Waals surface area contributed by atoms with Crippen LogP contribution in [0.2, 0.25) is 0 Å². The highest BCUT2D eigenvalue weighted by Crippen LogP contribution is 2.22. The van der Waals surface area contributed by atoms with E-state index in [2.05, 4.69) is 39.7 Å². The van der Waals surface area contributed by atoms with Gasteiger partial charge < -0.3 is 0 Å². The molecule has 0 radical (unpaired) electrons. The molecule has 0 aliphatic carbocycles. The van der Waals surface area contributed by atoms with Crippen LogP contribution in [0.25, 0.3) is 0 Å². The smallest absolute Gasteiger partial charge is 0.187 e. The van der Waals surface area contributed by atoms with Crippen molar-refractivity contribution in [2.75, 3.05) is 11.1 Å². The molecule has 84 valence electrons. The molecule has 4 heteroatoms. The lowest BCUT2D eigenvalue weighted by Gasteiger charge is -2.16. The third-order valence-corrected chi connectivity index (χ3v) is 4.22. The second kappa shape index (κ2) is 6.48. The molecule has 0 aromatic carbocycles. The van der Waals surface area contributed by atoms with Gasteiger partial charge in [-0.1, -0.05) is 41.5 Å². The topological polar surface area (TPSA) is 25.8 Å². The number of aryl methyl sites for hydroxylation is 1. The minimum absolute atomic E-state index is 0.680. The van der Waals surface area contributed by atoms with E-state index in [0.29, 0.717) is 11.8 Å². The van der Waals surface area contributed by atoms with E-state index in [1.54, 1.807) is 11.8 Å². The molecule has 2 nitrogen and oxygen atoms in total. The summed E-state index contributed by atoms with van der Waals surface area (Å²) in [5, 5.41) is 1.93. The van der Waals surface area contributed by atoms with Crippen molar-refractivity contribution in [2.24, 2.45) is 11.8 Å². The van der Waals surface area contributed by atoms with Crippen LogP contribution < -0.4 is 0 Å². The highest BCUT2D eigenvalue weighted by Gasteiger charge is 2.12. The Bertz CT molecular complexity index is 287. The molecule has 1 unspecified atom stereocenters. The molecule has 0 saturated heterocycles. The van der Waals surface area contributed by atoms with Crippen molar-refractivity contribution in [3.05, 3.63) is 18.0 Å². The summed E-state index contributed by atoms with van der Waals surface area (Å²) >= 11 is 5.29. The summed E-state index contributed by atoms with van der Waals surface area (Å²) < 4.78 is 0. The average molecular weight is 289 g/mol. The summed E-state index contributed by atoms with van der Waals surface area (Å²) in [6.45, 7) is 6.51. The van der Waals surface area contributed by atoms with Crippen LogP contribution in [0.1, 0.15) is 19.4 Å². The third kappa shape index (κ3) is 4.51. The number of rotatable bonds is 5. The Morgan fingerprint density at radius 2 is 1.93 bits per heavy atom. The zero-order chi connectivity index (χ0) is 11.3. The van der Waals surface area contributed by atoms with E-state index in [9.17, 15) is 0 Å². The lowest BCUT2D eigenvalue weighted by atomic mass is 10.0.